The zero-order valence-electron chi connectivity index (χ0n) is 12.2. The van der Waals surface area contributed by atoms with Gasteiger partial charge in [0, 0.05) is 0 Å². The van der Waals surface area contributed by atoms with Crippen LogP contribution in [0.2, 0.25) is 0 Å². The molecule has 1 aliphatic carbocycles. The quantitative estimate of drug-likeness (QED) is 0.843. The predicted octanol–water partition coefficient (Wildman–Crippen LogP) is 3.82. The molecule has 2 heterocycles. The topological polar surface area (TPSA) is 61.5 Å². The van der Waals surface area contributed by atoms with Crippen LogP contribution < -0.4 is 5.90 Å². The maximum Gasteiger partial charge on any atom is 0.368 e. The number of rotatable bonds is 5. The van der Waals surface area contributed by atoms with Crippen LogP contribution in [-0.2, 0) is 20.0 Å². The molecule has 0 spiro atoms. The third kappa shape index (κ3) is 2.84. The lowest BCUT2D eigenvalue weighted by atomic mass is 9.94. The zero-order chi connectivity index (χ0) is 15.4. The second-order valence-corrected chi connectivity index (χ2v) is 7.31. The molecule has 0 aliphatic heterocycles. The molecule has 0 saturated heterocycles. The molecule has 0 aromatic carbocycles. The average Bonchev–Trinajstić information content (AvgIpc) is 3.26. The summed E-state index contributed by atoms with van der Waals surface area (Å²) in [7, 11) is 0. The number of hydrogen-bond donors (Lipinski definition) is 1. The van der Waals surface area contributed by atoms with Crippen molar-refractivity contribution < 1.29 is 14.4 Å². The Morgan fingerprint density at radius 2 is 1.68 bits per heavy atom. The van der Waals surface area contributed by atoms with E-state index in [1.807, 2.05) is 35.0 Å². The van der Waals surface area contributed by atoms with Crippen LogP contribution >= 0.6 is 22.7 Å². The van der Waals surface area contributed by atoms with Gasteiger partial charge in [-0.05, 0) is 35.7 Å². The summed E-state index contributed by atoms with van der Waals surface area (Å²) in [6, 6.07) is 7.64. The standard InChI is InChI=1S/C16H19NO3S2/c17-20-15(18)16(13-8-4-10-21-13,14-9-5-11-22-14)19-12-6-2-1-3-7-12/h4-5,8-12H,1-3,6-7,17H2. The second-order valence-electron chi connectivity index (χ2n) is 5.42. The number of carbonyl (C=O) groups is 1. The van der Waals surface area contributed by atoms with E-state index < -0.39 is 11.6 Å². The SMILES string of the molecule is NOC(=O)C(OC1CCCCC1)(c1cccs1)c1cccs1. The van der Waals surface area contributed by atoms with Gasteiger partial charge in [0.05, 0.1) is 15.9 Å². The minimum atomic E-state index is -1.24. The highest BCUT2D eigenvalue weighted by Gasteiger charge is 2.49. The Morgan fingerprint density at radius 1 is 1.09 bits per heavy atom. The molecule has 0 unspecified atom stereocenters. The average molecular weight is 337 g/mol. The minimum absolute atomic E-state index is 0.0528. The first-order valence-corrected chi connectivity index (χ1v) is 9.20. The van der Waals surface area contributed by atoms with Crippen LogP contribution in [0.5, 0.6) is 0 Å². The molecule has 2 aromatic rings. The number of carbonyl (C=O) groups excluding carboxylic acids is 1. The van der Waals surface area contributed by atoms with Gasteiger partial charge >= 0.3 is 5.97 Å². The Hall–Kier alpha value is -1.21. The van der Waals surface area contributed by atoms with Gasteiger partial charge in [-0.3, -0.25) is 0 Å². The van der Waals surface area contributed by atoms with Crippen molar-refractivity contribution in [3.8, 4) is 0 Å². The molecule has 22 heavy (non-hydrogen) atoms. The monoisotopic (exact) mass is 337 g/mol. The molecule has 4 nitrogen and oxygen atoms in total. The Bertz CT molecular complexity index is 555. The first kappa shape index (κ1) is 15.7. The molecule has 0 bridgehead atoms. The van der Waals surface area contributed by atoms with Crippen LogP contribution in [0.1, 0.15) is 41.9 Å². The molecule has 2 N–H and O–H groups in total. The molecule has 0 radical (unpaired) electrons. The molecule has 1 fully saturated rings. The second kappa shape index (κ2) is 6.91. The van der Waals surface area contributed by atoms with Gasteiger partial charge in [-0.2, -0.15) is 5.90 Å². The first-order valence-electron chi connectivity index (χ1n) is 7.44. The summed E-state index contributed by atoms with van der Waals surface area (Å²) in [6.07, 6.45) is 5.48. The van der Waals surface area contributed by atoms with Crippen molar-refractivity contribution in [2.75, 3.05) is 0 Å². The van der Waals surface area contributed by atoms with Gasteiger partial charge in [0.1, 0.15) is 0 Å². The number of thiophene rings is 2. The predicted molar refractivity (Wildman–Crippen MR) is 87.7 cm³/mol. The Labute approximate surface area is 137 Å². The van der Waals surface area contributed by atoms with Gasteiger partial charge in [0.15, 0.2) is 0 Å². The normalized spacial score (nSPS) is 16.6. The third-order valence-electron chi connectivity index (χ3n) is 4.03. The van der Waals surface area contributed by atoms with Gasteiger partial charge in [0.2, 0.25) is 5.60 Å². The fourth-order valence-corrected chi connectivity index (χ4v) is 4.76. The van der Waals surface area contributed by atoms with Crippen LogP contribution in [0, 0.1) is 0 Å². The lowest BCUT2D eigenvalue weighted by Crippen LogP contribution is -2.44. The summed E-state index contributed by atoms with van der Waals surface area (Å²) in [5, 5.41) is 3.87. The number of nitrogens with two attached hydrogens (primary N) is 1. The van der Waals surface area contributed by atoms with E-state index in [0.29, 0.717) is 0 Å². The van der Waals surface area contributed by atoms with E-state index in [9.17, 15) is 4.79 Å². The number of ether oxygens (including phenoxy) is 1. The number of hydrogen-bond acceptors (Lipinski definition) is 6. The van der Waals surface area contributed by atoms with E-state index in [4.69, 9.17) is 10.6 Å². The van der Waals surface area contributed by atoms with Crippen molar-refractivity contribution >= 4 is 28.6 Å². The highest BCUT2D eigenvalue weighted by molar-refractivity contribution is 7.12. The molecule has 1 aliphatic rings. The smallest absolute Gasteiger partial charge is 0.368 e. The highest BCUT2D eigenvalue weighted by atomic mass is 32.1. The van der Waals surface area contributed by atoms with Crippen molar-refractivity contribution in [3.05, 3.63) is 44.8 Å². The minimum Gasteiger partial charge on any atom is -0.371 e. The van der Waals surface area contributed by atoms with Crippen molar-refractivity contribution in [2.45, 2.75) is 43.8 Å². The summed E-state index contributed by atoms with van der Waals surface area (Å²) >= 11 is 2.97. The summed E-state index contributed by atoms with van der Waals surface area (Å²) in [5.74, 6) is 4.70. The van der Waals surface area contributed by atoms with Crippen molar-refractivity contribution in [1.82, 2.24) is 0 Å². The maximum absolute atomic E-state index is 12.6. The van der Waals surface area contributed by atoms with Gasteiger partial charge in [-0.15, -0.1) is 22.7 Å². The fraction of sp³-hybridized carbons (Fsp3) is 0.438. The lowest BCUT2D eigenvalue weighted by Gasteiger charge is -2.34. The third-order valence-corrected chi connectivity index (χ3v) is 5.97. The molecule has 6 heteroatoms. The molecule has 2 aromatic heterocycles. The van der Waals surface area contributed by atoms with Crippen molar-refractivity contribution in [2.24, 2.45) is 5.90 Å². The first-order chi connectivity index (χ1) is 10.8. The molecule has 1 saturated carbocycles. The summed E-state index contributed by atoms with van der Waals surface area (Å²) < 4.78 is 6.39. The molecule has 3 rings (SSSR count). The largest absolute Gasteiger partial charge is 0.371 e. The van der Waals surface area contributed by atoms with Gasteiger partial charge < -0.3 is 9.57 Å². The molecule has 0 amide bonds. The Balaban J connectivity index is 2.04. The summed E-state index contributed by atoms with van der Waals surface area (Å²) in [5.41, 5.74) is -1.24. The van der Waals surface area contributed by atoms with E-state index in [-0.39, 0.29) is 6.10 Å². The van der Waals surface area contributed by atoms with Crippen LogP contribution in [0.25, 0.3) is 0 Å². The fourth-order valence-electron chi connectivity index (χ4n) is 2.96. The van der Waals surface area contributed by atoms with Crippen LogP contribution in [-0.4, -0.2) is 12.1 Å². The van der Waals surface area contributed by atoms with E-state index in [1.165, 1.54) is 29.1 Å². The molecular formula is C16H19NO3S2. The summed E-state index contributed by atoms with van der Waals surface area (Å²) in [6.45, 7) is 0. The van der Waals surface area contributed by atoms with Gasteiger partial charge in [0.25, 0.3) is 0 Å². The molecule has 118 valence electrons. The van der Waals surface area contributed by atoms with Crippen LogP contribution in [0.3, 0.4) is 0 Å². The van der Waals surface area contributed by atoms with Gasteiger partial charge in [-0.25, -0.2) is 4.79 Å². The lowest BCUT2D eigenvalue weighted by molar-refractivity contribution is -0.177. The summed E-state index contributed by atoms with van der Waals surface area (Å²) in [4.78, 5) is 18.9. The Kier molecular flexibility index (Phi) is 4.93. The van der Waals surface area contributed by atoms with Crippen LogP contribution in [0.15, 0.2) is 35.0 Å². The zero-order valence-corrected chi connectivity index (χ0v) is 13.8. The molecule has 0 atom stereocenters. The van der Waals surface area contributed by atoms with E-state index in [1.54, 1.807) is 0 Å². The van der Waals surface area contributed by atoms with E-state index in [2.05, 4.69) is 4.84 Å². The molecular weight excluding hydrogens is 318 g/mol. The van der Waals surface area contributed by atoms with E-state index >= 15 is 0 Å². The van der Waals surface area contributed by atoms with Crippen LogP contribution in [0.4, 0.5) is 0 Å². The van der Waals surface area contributed by atoms with Crippen molar-refractivity contribution in [3.63, 3.8) is 0 Å². The van der Waals surface area contributed by atoms with Crippen molar-refractivity contribution in [1.29, 1.82) is 0 Å². The Morgan fingerprint density at radius 3 is 2.14 bits per heavy atom. The highest BCUT2D eigenvalue weighted by Crippen LogP contribution is 2.42. The van der Waals surface area contributed by atoms with E-state index in [0.717, 1.165) is 35.4 Å². The maximum atomic E-state index is 12.6. The van der Waals surface area contributed by atoms with Gasteiger partial charge in [-0.1, -0.05) is 31.4 Å².